The molecule has 2 N–H and O–H groups in total. The third kappa shape index (κ3) is 6.18. The zero-order chi connectivity index (χ0) is 26.5. The highest BCUT2D eigenvalue weighted by Gasteiger charge is 2.15. The first kappa shape index (κ1) is 25.4. The van der Waals surface area contributed by atoms with Crippen molar-refractivity contribution >= 4 is 23.1 Å². The van der Waals surface area contributed by atoms with Crippen molar-refractivity contribution in [3.63, 3.8) is 0 Å². The molecule has 0 spiro atoms. The van der Waals surface area contributed by atoms with Gasteiger partial charge in [0.15, 0.2) is 0 Å². The van der Waals surface area contributed by atoms with E-state index in [2.05, 4.69) is 63.7 Å². The summed E-state index contributed by atoms with van der Waals surface area (Å²) in [6.45, 7) is 8.31. The largest absolute Gasteiger partial charge is 0.369 e. The van der Waals surface area contributed by atoms with Crippen LogP contribution in [0.5, 0.6) is 0 Å². The summed E-state index contributed by atoms with van der Waals surface area (Å²) >= 11 is 0. The number of anilines is 3. The maximum Gasteiger partial charge on any atom is 0.255 e. The first-order chi connectivity index (χ1) is 18.4. The van der Waals surface area contributed by atoms with E-state index in [0.717, 1.165) is 54.3 Å². The number of piperazine rings is 1. The summed E-state index contributed by atoms with van der Waals surface area (Å²) in [5.74, 6) is 0.580. The first-order valence-corrected chi connectivity index (χ1v) is 13.0. The van der Waals surface area contributed by atoms with Crippen LogP contribution >= 0.6 is 0 Å². The monoisotopic (exact) mass is 506 g/mol. The molecule has 1 atom stereocenters. The highest BCUT2D eigenvalue weighted by molar-refractivity contribution is 6.04. The minimum Gasteiger partial charge on any atom is -0.369 e. The van der Waals surface area contributed by atoms with Gasteiger partial charge in [0.05, 0.1) is 24.1 Å². The normalized spacial score (nSPS) is 14.7. The molecule has 7 heteroatoms. The van der Waals surface area contributed by atoms with Gasteiger partial charge in [-0.2, -0.15) is 0 Å². The molecule has 1 unspecified atom stereocenters. The predicted molar refractivity (Wildman–Crippen MR) is 155 cm³/mol. The Hall–Kier alpha value is -4.23. The third-order valence-electron chi connectivity index (χ3n) is 6.96. The van der Waals surface area contributed by atoms with Crippen LogP contribution in [0.15, 0.2) is 85.2 Å². The molecule has 194 valence electrons. The van der Waals surface area contributed by atoms with Crippen LogP contribution in [0.2, 0.25) is 0 Å². The summed E-state index contributed by atoms with van der Waals surface area (Å²) in [5.41, 5.74) is 6.59. The maximum absolute atomic E-state index is 12.7. The van der Waals surface area contributed by atoms with Gasteiger partial charge in [-0.15, -0.1) is 0 Å². The quantitative estimate of drug-likeness (QED) is 0.339. The fourth-order valence-electron chi connectivity index (χ4n) is 4.66. The number of rotatable bonds is 7. The van der Waals surface area contributed by atoms with E-state index in [9.17, 15) is 4.79 Å². The van der Waals surface area contributed by atoms with Gasteiger partial charge in [0.1, 0.15) is 5.82 Å². The summed E-state index contributed by atoms with van der Waals surface area (Å²) in [4.78, 5) is 26.7. The molecule has 3 aromatic carbocycles. The van der Waals surface area contributed by atoms with E-state index in [1.165, 1.54) is 5.69 Å². The van der Waals surface area contributed by atoms with Crippen LogP contribution in [0, 0.1) is 6.92 Å². The van der Waals surface area contributed by atoms with Crippen LogP contribution in [0.1, 0.15) is 34.5 Å². The van der Waals surface area contributed by atoms with Gasteiger partial charge < -0.3 is 20.4 Å². The van der Waals surface area contributed by atoms with Gasteiger partial charge in [-0.25, -0.2) is 4.98 Å². The molecule has 0 saturated carbocycles. The molecule has 1 saturated heterocycles. The lowest BCUT2D eigenvalue weighted by molar-refractivity contribution is 0.102. The van der Waals surface area contributed by atoms with Gasteiger partial charge in [0, 0.05) is 48.7 Å². The molecule has 38 heavy (non-hydrogen) atoms. The Kier molecular flexibility index (Phi) is 7.65. The maximum atomic E-state index is 12.7. The van der Waals surface area contributed by atoms with Gasteiger partial charge >= 0.3 is 0 Å². The molecule has 0 bridgehead atoms. The minimum atomic E-state index is -0.122. The summed E-state index contributed by atoms with van der Waals surface area (Å²) in [5, 5.41) is 6.46. The van der Waals surface area contributed by atoms with Crippen molar-refractivity contribution in [2.24, 2.45) is 0 Å². The number of benzene rings is 3. The van der Waals surface area contributed by atoms with Crippen LogP contribution < -0.4 is 15.5 Å². The summed E-state index contributed by atoms with van der Waals surface area (Å²) in [6, 6.07) is 24.0. The van der Waals surface area contributed by atoms with Crippen molar-refractivity contribution in [3.05, 3.63) is 102 Å². The van der Waals surface area contributed by atoms with Crippen LogP contribution in [-0.4, -0.2) is 54.0 Å². The van der Waals surface area contributed by atoms with Crippen LogP contribution in [0.4, 0.5) is 17.2 Å². The van der Waals surface area contributed by atoms with E-state index in [0.29, 0.717) is 11.4 Å². The summed E-state index contributed by atoms with van der Waals surface area (Å²) in [7, 11) is 2.17. The van der Waals surface area contributed by atoms with Crippen LogP contribution in [0.25, 0.3) is 11.3 Å². The molecular formula is C31H34N6O. The number of hydrogen-bond acceptors (Lipinski definition) is 6. The lowest BCUT2D eigenvalue weighted by Gasteiger charge is -2.34. The van der Waals surface area contributed by atoms with Crippen LogP contribution in [0.3, 0.4) is 0 Å². The summed E-state index contributed by atoms with van der Waals surface area (Å²) < 4.78 is 0. The van der Waals surface area contributed by atoms with Gasteiger partial charge in [-0.1, -0.05) is 42.0 Å². The first-order valence-electron chi connectivity index (χ1n) is 13.0. The molecule has 0 radical (unpaired) electrons. The molecule has 1 aliphatic rings. The van der Waals surface area contributed by atoms with Gasteiger partial charge in [-0.3, -0.25) is 9.78 Å². The van der Waals surface area contributed by atoms with E-state index in [-0.39, 0.29) is 11.9 Å². The van der Waals surface area contributed by atoms with Crippen LogP contribution in [-0.2, 0) is 0 Å². The third-order valence-corrected chi connectivity index (χ3v) is 6.96. The highest BCUT2D eigenvalue weighted by atomic mass is 16.1. The van der Waals surface area contributed by atoms with Crippen molar-refractivity contribution in [2.45, 2.75) is 19.9 Å². The lowest BCUT2D eigenvalue weighted by Crippen LogP contribution is -2.44. The van der Waals surface area contributed by atoms with Gasteiger partial charge in [-0.05, 0) is 62.9 Å². The Balaban J connectivity index is 1.24. The second-order valence-corrected chi connectivity index (χ2v) is 9.94. The molecule has 1 aromatic heterocycles. The number of carbonyl (C=O) groups is 1. The fourth-order valence-corrected chi connectivity index (χ4v) is 4.66. The van der Waals surface area contributed by atoms with Gasteiger partial charge in [0.2, 0.25) is 0 Å². The van der Waals surface area contributed by atoms with E-state index in [4.69, 9.17) is 4.98 Å². The minimum absolute atomic E-state index is 0.0324. The number of nitrogens with zero attached hydrogens (tertiary/aromatic N) is 4. The second kappa shape index (κ2) is 11.4. The number of aryl methyl sites for hydroxylation is 1. The molecule has 7 nitrogen and oxygen atoms in total. The number of nitrogens with one attached hydrogen (secondary N) is 2. The molecule has 0 aliphatic carbocycles. The van der Waals surface area contributed by atoms with Crippen molar-refractivity contribution in [3.8, 4) is 11.3 Å². The molecule has 1 aliphatic heterocycles. The van der Waals surface area contributed by atoms with Crippen molar-refractivity contribution in [1.29, 1.82) is 0 Å². The Morgan fingerprint density at radius 2 is 1.68 bits per heavy atom. The van der Waals surface area contributed by atoms with E-state index >= 15 is 0 Å². The smallest absolute Gasteiger partial charge is 0.255 e. The number of hydrogen-bond donors (Lipinski definition) is 2. The molecule has 1 fully saturated rings. The standard InChI is InChI=1S/C31H34N6O/c1-22-6-4-8-26(18-22)31(38)34-27-9-5-7-25(19-27)23(2)33-30-21-32-20-29(35-30)24-10-12-28(13-11-24)37-16-14-36(3)15-17-37/h4-13,18-21,23H,14-17H2,1-3H3,(H,33,35)(H,34,38). The highest BCUT2D eigenvalue weighted by Crippen LogP contribution is 2.25. The Bertz CT molecular complexity index is 1400. The molecule has 5 rings (SSSR count). The van der Waals surface area contributed by atoms with E-state index < -0.39 is 0 Å². The van der Waals surface area contributed by atoms with E-state index in [1.54, 1.807) is 12.4 Å². The zero-order valence-corrected chi connectivity index (χ0v) is 22.2. The Morgan fingerprint density at radius 1 is 0.921 bits per heavy atom. The van der Waals surface area contributed by atoms with Crippen molar-refractivity contribution < 1.29 is 4.79 Å². The molecule has 2 heterocycles. The average molecular weight is 507 g/mol. The second-order valence-electron chi connectivity index (χ2n) is 9.94. The average Bonchev–Trinajstić information content (AvgIpc) is 2.94. The Morgan fingerprint density at radius 3 is 2.45 bits per heavy atom. The molecule has 1 amide bonds. The number of carbonyl (C=O) groups excluding carboxylic acids is 1. The lowest BCUT2D eigenvalue weighted by atomic mass is 10.1. The number of likely N-dealkylation sites (N-methyl/N-ethyl adjacent to an activating group) is 1. The Labute approximate surface area is 224 Å². The van der Waals surface area contributed by atoms with E-state index in [1.807, 2.05) is 55.5 Å². The van der Waals surface area contributed by atoms with Crippen molar-refractivity contribution in [2.75, 3.05) is 48.8 Å². The topological polar surface area (TPSA) is 73.4 Å². The SMILES string of the molecule is Cc1cccc(C(=O)Nc2cccc(C(C)Nc3cncc(-c4ccc(N5CCN(C)CC5)cc4)n3)c2)c1. The molecule has 4 aromatic rings. The fraction of sp³-hybridized carbons (Fsp3) is 0.258. The predicted octanol–water partition coefficient (Wildman–Crippen LogP) is 5.63. The number of amides is 1. The van der Waals surface area contributed by atoms with Gasteiger partial charge in [0.25, 0.3) is 5.91 Å². The van der Waals surface area contributed by atoms with Crippen molar-refractivity contribution in [1.82, 2.24) is 14.9 Å². The summed E-state index contributed by atoms with van der Waals surface area (Å²) in [6.07, 6.45) is 3.53. The molecular weight excluding hydrogens is 472 g/mol. The zero-order valence-electron chi connectivity index (χ0n) is 22.2. The number of aromatic nitrogens is 2.